The molecule has 0 aliphatic rings. The number of hydrogen-bond acceptors (Lipinski definition) is 4. The Balaban J connectivity index is 2.84. The van der Waals surface area contributed by atoms with E-state index in [1.54, 1.807) is 12.3 Å². The molecule has 0 saturated carbocycles. The molecule has 0 saturated heterocycles. The number of carbonyl (C=O) groups is 1. The number of amides is 1. The third-order valence-electron chi connectivity index (χ3n) is 2.96. The van der Waals surface area contributed by atoms with Crippen LogP contribution >= 0.6 is 0 Å². The van der Waals surface area contributed by atoms with Gasteiger partial charge < -0.3 is 15.1 Å². The molecule has 0 spiro atoms. The number of pyridine rings is 1. The Morgan fingerprint density at radius 1 is 1.35 bits per heavy atom. The van der Waals surface area contributed by atoms with Gasteiger partial charge in [0.1, 0.15) is 5.69 Å². The Labute approximate surface area is 122 Å². The van der Waals surface area contributed by atoms with Crippen LogP contribution in [0.15, 0.2) is 18.3 Å². The molecule has 0 aliphatic heterocycles. The van der Waals surface area contributed by atoms with Crippen molar-refractivity contribution < 1.29 is 4.79 Å². The maximum atomic E-state index is 12.6. The van der Waals surface area contributed by atoms with Crippen molar-refractivity contribution in [3.8, 4) is 0 Å². The zero-order chi connectivity index (χ0) is 15.1. The molecular formula is C15H26N4O. The van der Waals surface area contributed by atoms with Crippen molar-refractivity contribution in [2.45, 2.75) is 13.8 Å². The van der Waals surface area contributed by atoms with Gasteiger partial charge in [0.05, 0.1) is 0 Å². The molecule has 112 valence electrons. The predicted molar refractivity (Wildman–Crippen MR) is 83.1 cm³/mol. The van der Waals surface area contributed by atoms with Gasteiger partial charge in [0, 0.05) is 38.6 Å². The van der Waals surface area contributed by atoms with Crippen molar-refractivity contribution in [3.63, 3.8) is 0 Å². The molecule has 20 heavy (non-hydrogen) atoms. The quantitative estimate of drug-likeness (QED) is 0.826. The summed E-state index contributed by atoms with van der Waals surface area (Å²) in [5, 5.41) is 3.03. The number of rotatable bonds is 7. The summed E-state index contributed by atoms with van der Waals surface area (Å²) in [7, 11) is 5.86. The maximum Gasteiger partial charge on any atom is 0.272 e. The van der Waals surface area contributed by atoms with Crippen LogP contribution in [-0.4, -0.2) is 61.5 Å². The van der Waals surface area contributed by atoms with Gasteiger partial charge in [-0.15, -0.1) is 0 Å². The smallest absolute Gasteiger partial charge is 0.272 e. The molecule has 0 bridgehead atoms. The second-order valence-electron chi connectivity index (χ2n) is 5.63. The molecule has 0 radical (unpaired) electrons. The van der Waals surface area contributed by atoms with Crippen molar-refractivity contribution in [2.24, 2.45) is 5.92 Å². The van der Waals surface area contributed by atoms with Crippen molar-refractivity contribution in [1.82, 2.24) is 14.8 Å². The van der Waals surface area contributed by atoms with E-state index in [0.717, 1.165) is 25.3 Å². The van der Waals surface area contributed by atoms with Crippen molar-refractivity contribution >= 4 is 11.6 Å². The predicted octanol–water partition coefficient (Wildman–Crippen LogP) is 1.78. The fourth-order valence-corrected chi connectivity index (χ4v) is 1.90. The molecular weight excluding hydrogens is 252 g/mol. The van der Waals surface area contributed by atoms with Crippen LogP contribution in [0, 0.1) is 5.92 Å². The number of carbonyl (C=O) groups excluding carboxylic acids is 1. The number of nitrogens with zero attached hydrogens (tertiary/aromatic N) is 3. The lowest BCUT2D eigenvalue weighted by atomic mass is 10.2. The Morgan fingerprint density at radius 2 is 2.05 bits per heavy atom. The number of nitrogens with one attached hydrogen (secondary N) is 1. The first-order valence-electron chi connectivity index (χ1n) is 7.01. The molecule has 0 atom stereocenters. The molecule has 0 unspecified atom stereocenters. The number of hydrogen-bond donors (Lipinski definition) is 1. The van der Waals surface area contributed by atoms with Gasteiger partial charge >= 0.3 is 0 Å². The molecule has 1 amide bonds. The van der Waals surface area contributed by atoms with E-state index in [4.69, 9.17) is 0 Å². The Kier molecular flexibility index (Phi) is 6.45. The van der Waals surface area contributed by atoms with Crippen LogP contribution in [0.3, 0.4) is 0 Å². The Bertz CT molecular complexity index is 432. The summed E-state index contributed by atoms with van der Waals surface area (Å²) in [6.07, 6.45) is 1.67. The third kappa shape index (κ3) is 5.17. The van der Waals surface area contributed by atoms with Crippen LogP contribution in [0.25, 0.3) is 0 Å². The lowest BCUT2D eigenvalue weighted by Gasteiger charge is -2.26. The van der Waals surface area contributed by atoms with Crippen molar-refractivity contribution in [2.75, 3.05) is 46.1 Å². The number of anilines is 1. The number of likely N-dealkylation sites (N-methyl/N-ethyl adjacent to an activating group) is 1. The summed E-state index contributed by atoms with van der Waals surface area (Å²) in [4.78, 5) is 20.7. The highest BCUT2D eigenvalue weighted by Crippen LogP contribution is 2.10. The molecule has 5 nitrogen and oxygen atoms in total. The van der Waals surface area contributed by atoms with Crippen molar-refractivity contribution in [1.29, 1.82) is 0 Å². The van der Waals surface area contributed by atoms with Crippen LogP contribution in [0.1, 0.15) is 24.3 Å². The second-order valence-corrected chi connectivity index (χ2v) is 5.63. The molecule has 1 rings (SSSR count). The molecule has 1 aromatic rings. The van der Waals surface area contributed by atoms with Gasteiger partial charge in [0.15, 0.2) is 0 Å². The monoisotopic (exact) mass is 278 g/mol. The van der Waals surface area contributed by atoms with Crippen LogP contribution in [0.5, 0.6) is 0 Å². The lowest BCUT2D eigenvalue weighted by Crippen LogP contribution is -2.39. The summed E-state index contributed by atoms with van der Waals surface area (Å²) >= 11 is 0. The Morgan fingerprint density at radius 3 is 2.60 bits per heavy atom. The fourth-order valence-electron chi connectivity index (χ4n) is 1.90. The topological polar surface area (TPSA) is 48.5 Å². The van der Waals surface area contributed by atoms with Crippen LogP contribution in [0.4, 0.5) is 5.69 Å². The van der Waals surface area contributed by atoms with Gasteiger partial charge in [-0.2, -0.15) is 0 Å². The minimum atomic E-state index is -0.00218. The largest absolute Gasteiger partial charge is 0.388 e. The molecule has 1 aromatic heterocycles. The van der Waals surface area contributed by atoms with Gasteiger partial charge in [-0.05, 0) is 32.1 Å². The normalized spacial score (nSPS) is 10.9. The molecule has 0 aliphatic carbocycles. The van der Waals surface area contributed by atoms with Crippen LogP contribution in [0.2, 0.25) is 0 Å². The summed E-state index contributed by atoms with van der Waals surface area (Å²) < 4.78 is 0. The minimum Gasteiger partial charge on any atom is -0.388 e. The van der Waals surface area contributed by atoms with E-state index in [2.05, 4.69) is 29.0 Å². The average molecular weight is 278 g/mol. The summed E-state index contributed by atoms with van der Waals surface area (Å²) in [6.45, 7) is 6.55. The zero-order valence-electron chi connectivity index (χ0n) is 13.2. The standard InChI is InChI=1S/C15H26N4O/c1-12(2)11-19(9-8-18(4)5)15(20)14-10-13(16-3)6-7-17-14/h6-7,10,12H,8-9,11H2,1-5H3,(H,16,17). The highest BCUT2D eigenvalue weighted by atomic mass is 16.2. The molecule has 0 aromatic carbocycles. The summed E-state index contributed by atoms with van der Waals surface area (Å²) in [5.41, 5.74) is 1.40. The first-order chi connectivity index (χ1) is 9.43. The summed E-state index contributed by atoms with van der Waals surface area (Å²) in [5.74, 6) is 0.436. The second kappa shape index (κ2) is 7.85. The minimum absolute atomic E-state index is 0.00218. The van der Waals surface area contributed by atoms with Gasteiger partial charge in [0.25, 0.3) is 5.91 Å². The highest BCUT2D eigenvalue weighted by molar-refractivity contribution is 5.93. The fraction of sp³-hybridized carbons (Fsp3) is 0.600. The van der Waals surface area contributed by atoms with Gasteiger partial charge in [0.2, 0.25) is 0 Å². The lowest BCUT2D eigenvalue weighted by molar-refractivity contribution is 0.0719. The first kappa shape index (κ1) is 16.4. The van der Waals surface area contributed by atoms with Crippen LogP contribution < -0.4 is 5.32 Å². The third-order valence-corrected chi connectivity index (χ3v) is 2.96. The van der Waals surface area contributed by atoms with Gasteiger partial charge in [-0.3, -0.25) is 9.78 Å². The SMILES string of the molecule is CNc1ccnc(C(=O)N(CCN(C)C)CC(C)C)c1. The Hall–Kier alpha value is -1.62. The van der Waals surface area contributed by atoms with E-state index in [1.807, 2.05) is 32.1 Å². The van der Waals surface area contributed by atoms with E-state index in [0.29, 0.717) is 11.6 Å². The number of aromatic nitrogens is 1. The average Bonchev–Trinajstić information content (AvgIpc) is 2.42. The van der Waals surface area contributed by atoms with Gasteiger partial charge in [-0.25, -0.2) is 0 Å². The van der Waals surface area contributed by atoms with E-state index in [9.17, 15) is 4.79 Å². The molecule has 5 heteroatoms. The molecule has 1 heterocycles. The van der Waals surface area contributed by atoms with E-state index < -0.39 is 0 Å². The maximum absolute atomic E-state index is 12.6. The highest BCUT2D eigenvalue weighted by Gasteiger charge is 2.18. The molecule has 0 fully saturated rings. The first-order valence-corrected chi connectivity index (χ1v) is 7.01. The van der Waals surface area contributed by atoms with Gasteiger partial charge in [-0.1, -0.05) is 13.8 Å². The van der Waals surface area contributed by atoms with E-state index in [1.165, 1.54) is 0 Å². The zero-order valence-corrected chi connectivity index (χ0v) is 13.2. The van der Waals surface area contributed by atoms with Crippen LogP contribution in [-0.2, 0) is 0 Å². The van der Waals surface area contributed by atoms with E-state index in [-0.39, 0.29) is 5.91 Å². The van der Waals surface area contributed by atoms with E-state index >= 15 is 0 Å². The van der Waals surface area contributed by atoms with Crippen molar-refractivity contribution in [3.05, 3.63) is 24.0 Å². The molecule has 1 N–H and O–H groups in total. The summed E-state index contributed by atoms with van der Waals surface area (Å²) in [6, 6.07) is 3.65.